The van der Waals surface area contributed by atoms with E-state index in [0.717, 1.165) is 23.5 Å². The van der Waals surface area contributed by atoms with Crippen LogP contribution in [-0.4, -0.2) is 12.8 Å². The molecule has 0 saturated carbocycles. The Bertz CT molecular complexity index is 345. The maximum Gasteiger partial charge on any atom is 0.104 e. The molecular formula is C9H9ClN2. The number of benzene rings is 1. The van der Waals surface area contributed by atoms with Crippen LogP contribution in [0.25, 0.3) is 0 Å². The zero-order chi connectivity index (χ0) is 8.55. The van der Waals surface area contributed by atoms with Gasteiger partial charge < -0.3 is 5.32 Å². The van der Waals surface area contributed by atoms with Crippen LogP contribution in [0.5, 0.6) is 0 Å². The molecule has 0 unspecified atom stereocenters. The van der Waals surface area contributed by atoms with E-state index in [0.29, 0.717) is 5.02 Å². The first-order valence-corrected chi connectivity index (χ1v) is 4.22. The summed E-state index contributed by atoms with van der Waals surface area (Å²) in [6.45, 7) is 2.80. The summed E-state index contributed by atoms with van der Waals surface area (Å²) >= 11 is 5.99. The summed E-state index contributed by atoms with van der Waals surface area (Å²) in [5, 5.41) is 3.93. The monoisotopic (exact) mass is 180 g/mol. The molecule has 12 heavy (non-hydrogen) atoms. The van der Waals surface area contributed by atoms with Gasteiger partial charge in [0, 0.05) is 6.21 Å². The largest absolute Gasteiger partial charge is 0.378 e. The summed E-state index contributed by atoms with van der Waals surface area (Å²) in [5.41, 5.74) is 3.04. The Morgan fingerprint density at radius 1 is 1.50 bits per heavy atom. The molecule has 0 spiro atoms. The third kappa shape index (κ3) is 1.18. The number of aryl methyl sites for hydroxylation is 1. The number of anilines is 1. The van der Waals surface area contributed by atoms with Crippen molar-refractivity contribution in [1.82, 2.24) is 0 Å². The first-order valence-electron chi connectivity index (χ1n) is 3.84. The lowest BCUT2D eigenvalue weighted by molar-refractivity contribution is 1.31. The molecule has 1 heterocycles. The number of hydrogen-bond donors (Lipinski definition) is 1. The normalized spacial score (nSPS) is 13.8. The van der Waals surface area contributed by atoms with Crippen LogP contribution >= 0.6 is 11.6 Å². The molecule has 0 radical (unpaired) electrons. The molecule has 1 aliphatic rings. The van der Waals surface area contributed by atoms with E-state index >= 15 is 0 Å². The van der Waals surface area contributed by atoms with Gasteiger partial charge in [0.15, 0.2) is 0 Å². The van der Waals surface area contributed by atoms with Crippen molar-refractivity contribution in [3.8, 4) is 0 Å². The van der Waals surface area contributed by atoms with E-state index in [1.165, 1.54) is 0 Å². The summed E-state index contributed by atoms with van der Waals surface area (Å²) in [7, 11) is 0. The molecule has 0 bridgehead atoms. The highest BCUT2D eigenvalue weighted by molar-refractivity contribution is 6.34. The highest BCUT2D eigenvalue weighted by atomic mass is 35.5. The average molecular weight is 181 g/mol. The minimum atomic E-state index is 0.716. The molecule has 62 valence electrons. The lowest BCUT2D eigenvalue weighted by atomic mass is 10.2. The molecule has 1 aromatic carbocycles. The molecule has 1 aromatic rings. The van der Waals surface area contributed by atoms with E-state index in [4.69, 9.17) is 11.6 Å². The van der Waals surface area contributed by atoms with Gasteiger partial charge in [0.05, 0.1) is 17.3 Å². The number of hydrogen-bond acceptors (Lipinski definition) is 2. The first kappa shape index (κ1) is 7.62. The van der Waals surface area contributed by atoms with Gasteiger partial charge in [0.2, 0.25) is 0 Å². The van der Waals surface area contributed by atoms with Crippen molar-refractivity contribution in [3.63, 3.8) is 0 Å². The van der Waals surface area contributed by atoms with Crippen LogP contribution in [0.2, 0.25) is 5.02 Å². The van der Waals surface area contributed by atoms with Gasteiger partial charge in [-0.15, -0.1) is 0 Å². The van der Waals surface area contributed by atoms with Crippen LogP contribution in [0.15, 0.2) is 17.1 Å². The fourth-order valence-corrected chi connectivity index (χ4v) is 1.62. The third-order valence-electron chi connectivity index (χ3n) is 1.81. The van der Waals surface area contributed by atoms with Gasteiger partial charge in [-0.3, -0.25) is 4.99 Å². The van der Waals surface area contributed by atoms with Gasteiger partial charge in [-0.05, 0) is 24.6 Å². The fourth-order valence-electron chi connectivity index (χ4n) is 1.29. The maximum atomic E-state index is 5.99. The second kappa shape index (κ2) is 2.79. The van der Waals surface area contributed by atoms with Gasteiger partial charge in [0.1, 0.15) is 5.69 Å². The molecule has 2 nitrogen and oxygen atoms in total. The SMILES string of the molecule is Cc1cc(Cl)c2c(c1)NCC=N2. The van der Waals surface area contributed by atoms with Crippen molar-refractivity contribution in [2.75, 3.05) is 11.9 Å². The molecule has 0 saturated heterocycles. The molecule has 3 heteroatoms. The predicted octanol–water partition coefficient (Wildman–Crippen LogP) is 2.78. The number of nitrogens with zero attached hydrogens (tertiary/aromatic N) is 1. The molecule has 2 rings (SSSR count). The van der Waals surface area contributed by atoms with Gasteiger partial charge >= 0.3 is 0 Å². The lowest BCUT2D eigenvalue weighted by Gasteiger charge is -2.13. The van der Waals surface area contributed by atoms with E-state index in [1.54, 1.807) is 0 Å². The van der Waals surface area contributed by atoms with Crippen LogP contribution in [0, 0.1) is 6.92 Å². The van der Waals surface area contributed by atoms with E-state index in [-0.39, 0.29) is 0 Å². The summed E-state index contributed by atoms with van der Waals surface area (Å²) in [4.78, 5) is 4.21. The maximum absolute atomic E-state index is 5.99. The summed E-state index contributed by atoms with van der Waals surface area (Å²) in [6.07, 6.45) is 1.82. The van der Waals surface area contributed by atoms with Crippen molar-refractivity contribution in [1.29, 1.82) is 0 Å². The van der Waals surface area contributed by atoms with Crippen molar-refractivity contribution in [2.24, 2.45) is 4.99 Å². The summed E-state index contributed by atoms with van der Waals surface area (Å²) in [5.74, 6) is 0. The van der Waals surface area contributed by atoms with Gasteiger partial charge in [-0.1, -0.05) is 11.6 Å². The fraction of sp³-hybridized carbons (Fsp3) is 0.222. The first-order chi connectivity index (χ1) is 5.77. The van der Waals surface area contributed by atoms with Crippen LogP contribution in [0.4, 0.5) is 11.4 Å². The van der Waals surface area contributed by atoms with Crippen LogP contribution in [-0.2, 0) is 0 Å². The van der Waals surface area contributed by atoms with Crippen molar-refractivity contribution in [2.45, 2.75) is 6.92 Å². The number of fused-ring (bicyclic) bond motifs is 1. The molecule has 0 fully saturated rings. The quantitative estimate of drug-likeness (QED) is 0.653. The molecule has 0 aromatic heterocycles. The Labute approximate surface area is 76.3 Å². The lowest BCUT2D eigenvalue weighted by Crippen LogP contribution is -2.06. The van der Waals surface area contributed by atoms with Gasteiger partial charge in [-0.2, -0.15) is 0 Å². The standard InChI is InChI=1S/C9H9ClN2/c1-6-4-7(10)9-8(5-6)11-2-3-12-9/h3-5,11H,2H2,1H3. The Hall–Kier alpha value is -1.02. The minimum Gasteiger partial charge on any atom is -0.378 e. The Kier molecular flexibility index (Phi) is 1.77. The Morgan fingerprint density at radius 3 is 3.17 bits per heavy atom. The molecule has 0 aliphatic carbocycles. The minimum absolute atomic E-state index is 0.716. The number of rotatable bonds is 0. The number of halogens is 1. The average Bonchev–Trinajstić information content (AvgIpc) is 2.04. The van der Waals surface area contributed by atoms with E-state index in [9.17, 15) is 0 Å². The van der Waals surface area contributed by atoms with E-state index in [1.807, 2.05) is 19.2 Å². The van der Waals surface area contributed by atoms with E-state index in [2.05, 4.69) is 16.4 Å². The van der Waals surface area contributed by atoms with Crippen LogP contribution in [0.1, 0.15) is 5.56 Å². The Morgan fingerprint density at radius 2 is 2.33 bits per heavy atom. The van der Waals surface area contributed by atoms with Crippen molar-refractivity contribution >= 4 is 29.2 Å². The second-order valence-corrected chi connectivity index (χ2v) is 3.24. The molecule has 1 N–H and O–H groups in total. The zero-order valence-corrected chi connectivity index (χ0v) is 7.52. The predicted molar refractivity (Wildman–Crippen MR) is 52.8 cm³/mol. The highest BCUT2D eigenvalue weighted by Gasteiger charge is 2.08. The molecule has 0 atom stereocenters. The van der Waals surface area contributed by atoms with Crippen molar-refractivity contribution in [3.05, 3.63) is 22.7 Å². The molecule has 1 aliphatic heterocycles. The third-order valence-corrected chi connectivity index (χ3v) is 2.10. The highest BCUT2D eigenvalue weighted by Crippen LogP contribution is 2.35. The smallest absolute Gasteiger partial charge is 0.104 e. The van der Waals surface area contributed by atoms with Crippen LogP contribution in [0.3, 0.4) is 0 Å². The van der Waals surface area contributed by atoms with Gasteiger partial charge in [-0.25, -0.2) is 0 Å². The van der Waals surface area contributed by atoms with Crippen molar-refractivity contribution < 1.29 is 0 Å². The summed E-state index contributed by atoms with van der Waals surface area (Å²) < 4.78 is 0. The Balaban J connectivity index is 2.62. The second-order valence-electron chi connectivity index (χ2n) is 2.84. The number of aliphatic imine (C=N–C) groups is 1. The molecule has 0 amide bonds. The number of nitrogens with one attached hydrogen (secondary N) is 1. The van der Waals surface area contributed by atoms with E-state index < -0.39 is 0 Å². The summed E-state index contributed by atoms with van der Waals surface area (Å²) in [6, 6.07) is 3.97. The van der Waals surface area contributed by atoms with Crippen LogP contribution < -0.4 is 5.32 Å². The van der Waals surface area contributed by atoms with Gasteiger partial charge in [0.25, 0.3) is 0 Å². The molecular weight excluding hydrogens is 172 g/mol. The zero-order valence-electron chi connectivity index (χ0n) is 6.76. The topological polar surface area (TPSA) is 24.4 Å².